The summed E-state index contributed by atoms with van der Waals surface area (Å²) in [6.07, 6.45) is 3.61. The molecule has 0 radical (unpaired) electrons. The Morgan fingerprint density at radius 2 is 1.81 bits per heavy atom. The number of hydrogen-bond donors (Lipinski definition) is 0. The van der Waals surface area contributed by atoms with Crippen LogP contribution >= 0.6 is 11.3 Å². The summed E-state index contributed by atoms with van der Waals surface area (Å²) < 4.78 is 5.84. The highest BCUT2D eigenvalue weighted by Crippen LogP contribution is 2.31. The van der Waals surface area contributed by atoms with Crippen LogP contribution in [0.15, 0.2) is 59.1 Å². The number of carbonyl (C=O) groups is 1. The maximum Gasteiger partial charge on any atom is 0.243 e. The van der Waals surface area contributed by atoms with Gasteiger partial charge in [0.25, 0.3) is 0 Å². The third-order valence-corrected chi connectivity index (χ3v) is 6.34. The molecule has 6 heteroatoms. The van der Waals surface area contributed by atoms with Gasteiger partial charge < -0.3 is 4.74 Å². The lowest BCUT2D eigenvalue weighted by Crippen LogP contribution is -2.40. The van der Waals surface area contributed by atoms with Crippen molar-refractivity contribution in [2.24, 2.45) is 5.10 Å². The van der Waals surface area contributed by atoms with Crippen molar-refractivity contribution in [2.75, 3.05) is 6.61 Å². The zero-order valence-corrected chi connectivity index (χ0v) is 19.9. The van der Waals surface area contributed by atoms with Gasteiger partial charge in [0.15, 0.2) is 0 Å². The van der Waals surface area contributed by atoms with E-state index in [1.165, 1.54) is 11.1 Å². The molecule has 0 saturated carbocycles. The summed E-state index contributed by atoms with van der Waals surface area (Å²) in [5, 5.41) is 9.35. The van der Waals surface area contributed by atoms with Crippen LogP contribution < -0.4 is 4.74 Å². The molecule has 4 rings (SSSR count). The van der Waals surface area contributed by atoms with E-state index >= 15 is 0 Å². The highest BCUT2D eigenvalue weighted by molar-refractivity contribution is 7.13. The van der Waals surface area contributed by atoms with Crippen LogP contribution in [0.4, 0.5) is 0 Å². The number of hydrogen-bond acceptors (Lipinski definition) is 5. The quantitative estimate of drug-likeness (QED) is 0.417. The van der Waals surface area contributed by atoms with Crippen LogP contribution in [0.2, 0.25) is 0 Å². The lowest BCUT2D eigenvalue weighted by molar-refractivity contribution is -0.135. The molecule has 0 spiro atoms. The van der Waals surface area contributed by atoms with Crippen molar-refractivity contribution in [2.45, 2.75) is 52.5 Å². The van der Waals surface area contributed by atoms with Gasteiger partial charge >= 0.3 is 0 Å². The van der Waals surface area contributed by atoms with Gasteiger partial charge in [-0.05, 0) is 63.9 Å². The van der Waals surface area contributed by atoms with E-state index in [9.17, 15) is 4.79 Å². The van der Waals surface area contributed by atoms with Crippen molar-refractivity contribution in [3.63, 3.8) is 0 Å². The molecule has 0 saturated heterocycles. The second kappa shape index (κ2) is 9.25. The number of aromatic nitrogens is 1. The number of aryl methyl sites for hydroxylation is 2. The van der Waals surface area contributed by atoms with Gasteiger partial charge in [0.2, 0.25) is 5.91 Å². The maximum absolute atomic E-state index is 12.9. The summed E-state index contributed by atoms with van der Waals surface area (Å²) in [5.74, 6) is 0.839. The zero-order valence-electron chi connectivity index (χ0n) is 19.1. The number of benzene rings is 2. The van der Waals surface area contributed by atoms with Gasteiger partial charge in [-0.2, -0.15) is 5.10 Å². The van der Waals surface area contributed by atoms with Gasteiger partial charge in [-0.1, -0.05) is 29.3 Å². The topological polar surface area (TPSA) is 54.8 Å². The molecule has 32 heavy (non-hydrogen) atoms. The molecule has 1 amide bonds. The van der Waals surface area contributed by atoms with Gasteiger partial charge in [-0.3, -0.25) is 4.79 Å². The van der Waals surface area contributed by atoms with Crippen molar-refractivity contribution in [3.8, 4) is 16.3 Å². The summed E-state index contributed by atoms with van der Waals surface area (Å²) in [7, 11) is 0. The van der Waals surface area contributed by atoms with E-state index in [1.807, 2.05) is 29.6 Å². The van der Waals surface area contributed by atoms with Crippen LogP contribution in [0.25, 0.3) is 10.6 Å². The molecule has 5 nitrogen and oxygen atoms in total. The fraction of sp³-hybridized carbons (Fsp3) is 0.346. The summed E-state index contributed by atoms with van der Waals surface area (Å²) in [6.45, 7) is 8.82. The molecule has 0 aliphatic carbocycles. The Bertz CT molecular complexity index is 1100. The van der Waals surface area contributed by atoms with Crippen molar-refractivity contribution in [1.82, 2.24) is 9.99 Å². The molecule has 0 atom stereocenters. The number of hydrazone groups is 1. The number of ether oxygens (including phenoxy) is 1. The number of thiazole rings is 1. The fourth-order valence-electron chi connectivity index (χ4n) is 4.05. The molecule has 0 N–H and O–H groups in total. The van der Waals surface area contributed by atoms with E-state index < -0.39 is 0 Å². The second-order valence-electron chi connectivity index (χ2n) is 8.93. The summed E-state index contributed by atoms with van der Waals surface area (Å²) in [4.78, 5) is 17.2. The van der Waals surface area contributed by atoms with Gasteiger partial charge in [-0.25, -0.2) is 9.99 Å². The smallest absolute Gasteiger partial charge is 0.243 e. The Hall–Kier alpha value is -2.99. The van der Waals surface area contributed by atoms with Crippen LogP contribution in [0.5, 0.6) is 5.75 Å². The van der Waals surface area contributed by atoms with Crippen LogP contribution in [0.1, 0.15) is 49.8 Å². The summed E-state index contributed by atoms with van der Waals surface area (Å²) >= 11 is 1.61. The van der Waals surface area contributed by atoms with Crippen molar-refractivity contribution >= 4 is 23.0 Å². The van der Waals surface area contributed by atoms with Gasteiger partial charge in [0.05, 0.1) is 17.9 Å². The van der Waals surface area contributed by atoms with Gasteiger partial charge in [-0.15, -0.1) is 11.3 Å². The van der Waals surface area contributed by atoms with Crippen LogP contribution in [0, 0.1) is 13.8 Å². The van der Waals surface area contributed by atoms with Crippen LogP contribution in [-0.4, -0.2) is 33.8 Å². The molecule has 2 heterocycles. The minimum atomic E-state index is -0.323. The first-order valence-electron chi connectivity index (χ1n) is 10.9. The molecule has 166 valence electrons. The lowest BCUT2D eigenvalue weighted by Gasteiger charge is -2.28. The second-order valence-corrected chi connectivity index (χ2v) is 9.83. The monoisotopic (exact) mass is 447 g/mol. The molecule has 3 aromatic rings. The van der Waals surface area contributed by atoms with E-state index in [-0.39, 0.29) is 11.4 Å². The first-order chi connectivity index (χ1) is 15.3. The molecule has 1 aliphatic rings. The first kappa shape index (κ1) is 22.2. The van der Waals surface area contributed by atoms with Crippen molar-refractivity contribution < 1.29 is 9.53 Å². The van der Waals surface area contributed by atoms with Crippen LogP contribution in [0.3, 0.4) is 0 Å². The Kier molecular flexibility index (Phi) is 6.42. The van der Waals surface area contributed by atoms with E-state index in [4.69, 9.17) is 9.84 Å². The van der Waals surface area contributed by atoms with Crippen molar-refractivity contribution in [1.29, 1.82) is 0 Å². The minimum absolute atomic E-state index is 0.0390. The number of rotatable bonds is 7. The fourth-order valence-corrected chi connectivity index (χ4v) is 4.69. The molecule has 0 bridgehead atoms. The third kappa shape index (κ3) is 5.07. The SMILES string of the molecule is Cc1cc(C)cc(C2=NN(C(=O)CCCOc3ccc(-c4nccs4)cc3)C(C)(C)C2)c1. The average Bonchev–Trinajstić information content (AvgIpc) is 3.38. The predicted molar refractivity (Wildman–Crippen MR) is 130 cm³/mol. The normalized spacial score (nSPS) is 15.0. The lowest BCUT2D eigenvalue weighted by atomic mass is 9.93. The third-order valence-electron chi connectivity index (χ3n) is 5.52. The summed E-state index contributed by atoms with van der Waals surface area (Å²) in [6, 6.07) is 14.3. The Balaban J connectivity index is 1.31. The molecule has 0 fully saturated rings. The standard InChI is InChI=1S/C26H29N3O2S/c1-18-14-19(2)16-21(15-18)23-17-26(3,4)29(28-23)24(30)6-5-12-31-22-9-7-20(8-10-22)25-27-11-13-32-25/h7-11,13-16H,5-6,12,17H2,1-4H3. The van der Waals surface area contributed by atoms with Crippen LogP contribution in [-0.2, 0) is 4.79 Å². The first-order valence-corrected chi connectivity index (χ1v) is 11.8. The van der Waals surface area contributed by atoms with Gasteiger partial charge in [0, 0.05) is 30.0 Å². The average molecular weight is 448 g/mol. The molecule has 1 aromatic heterocycles. The summed E-state index contributed by atoms with van der Waals surface area (Å²) in [5.41, 5.74) is 5.26. The molecule has 2 aromatic carbocycles. The minimum Gasteiger partial charge on any atom is -0.494 e. The van der Waals surface area contributed by atoms with E-state index in [0.717, 1.165) is 34.0 Å². The number of carbonyl (C=O) groups excluding carboxylic acids is 1. The Labute approximate surface area is 193 Å². The molecule has 0 unspecified atom stereocenters. The van der Waals surface area contributed by atoms with Crippen molar-refractivity contribution in [3.05, 3.63) is 70.7 Å². The van der Waals surface area contributed by atoms with E-state index in [2.05, 4.69) is 50.9 Å². The highest BCUT2D eigenvalue weighted by atomic mass is 32.1. The Morgan fingerprint density at radius 1 is 1.09 bits per heavy atom. The van der Waals surface area contributed by atoms with E-state index in [1.54, 1.807) is 22.5 Å². The highest BCUT2D eigenvalue weighted by Gasteiger charge is 2.38. The number of nitrogens with zero attached hydrogens (tertiary/aromatic N) is 3. The van der Waals surface area contributed by atoms with Gasteiger partial charge in [0.1, 0.15) is 10.8 Å². The van der Waals surface area contributed by atoms with E-state index in [0.29, 0.717) is 19.4 Å². The maximum atomic E-state index is 12.9. The molecule has 1 aliphatic heterocycles. The number of amides is 1. The Morgan fingerprint density at radius 3 is 2.47 bits per heavy atom. The molecular formula is C26H29N3O2S. The predicted octanol–water partition coefficient (Wildman–Crippen LogP) is 6.00. The largest absolute Gasteiger partial charge is 0.494 e. The zero-order chi connectivity index (χ0) is 22.7. The molecular weight excluding hydrogens is 418 g/mol.